The predicted octanol–water partition coefficient (Wildman–Crippen LogP) is -0.538. The molecule has 0 atom stereocenters. The highest BCUT2D eigenvalue weighted by atomic mass is 16.1. The van der Waals surface area contributed by atoms with Crippen LogP contribution in [0.4, 0.5) is 0 Å². The highest BCUT2D eigenvalue weighted by Crippen LogP contribution is 1.81. The van der Waals surface area contributed by atoms with Crippen molar-refractivity contribution < 1.29 is 4.79 Å². The zero-order valence-corrected chi connectivity index (χ0v) is 4.11. The summed E-state index contributed by atoms with van der Waals surface area (Å²) < 4.78 is 0. The Morgan fingerprint density at radius 2 is 2.62 bits per heavy atom. The van der Waals surface area contributed by atoms with Crippen molar-refractivity contribution in [3.63, 3.8) is 0 Å². The number of nitrogens with one attached hydrogen (secondary N) is 1. The number of hydrazone groups is 1. The van der Waals surface area contributed by atoms with Crippen LogP contribution in [0.2, 0.25) is 0 Å². The molecule has 0 fully saturated rings. The molecule has 1 N–H and O–H groups in total. The van der Waals surface area contributed by atoms with E-state index in [2.05, 4.69) is 10.6 Å². The molecule has 1 aliphatic heterocycles. The second-order valence-electron chi connectivity index (χ2n) is 1.23. The standard InChI is InChI=1S/C4H5N3O/c8-4-7-3-1-2-5-6-7/h1-4,6H. The highest BCUT2D eigenvalue weighted by Gasteiger charge is 1.91. The number of nitrogens with zero attached hydrogens (tertiary/aromatic N) is 2. The zero-order chi connectivity index (χ0) is 5.82. The molecule has 0 saturated heterocycles. The molecule has 1 rings (SSSR count). The van der Waals surface area contributed by atoms with E-state index in [4.69, 9.17) is 0 Å². The average molecular weight is 111 g/mol. The lowest BCUT2D eigenvalue weighted by molar-refractivity contribution is -0.118. The number of hydrazine groups is 1. The lowest BCUT2D eigenvalue weighted by Gasteiger charge is -2.11. The summed E-state index contributed by atoms with van der Waals surface area (Å²) in [6, 6.07) is 0. The maximum Gasteiger partial charge on any atom is 0.233 e. The van der Waals surface area contributed by atoms with Gasteiger partial charge in [-0.25, -0.2) is 10.5 Å². The maximum absolute atomic E-state index is 9.90. The van der Waals surface area contributed by atoms with Gasteiger partial charge in [0.15, 0.2) is 0 Å². The molecule has 0 aromatic heterocycles. The highest BCUT2D eigenvalue weighted by molar-refractivity contribution is 5.72. The molecule has 4 nitrogen and oxygen atoms in total. The molecule has 0 aromatic rings. The molecule has 0 unspecified atom stereocenters. The van der Waals surface area contributed by atoms with E-state index < -0.39 is 0 Å². The summed E-state index contributed by atoms with van der Waals surface area (Å²) in [5, 5.41) is 4.77. The summed E-state index contributed by atoms with van der Waals surface area (Å²) in [7, 11) is 0. The first-order valence-electron chi connectivity index (χ1n) is 2.12. The van der Waals surface area contributed by atoms with E-state index in [1.165, 1.54) is 5.01 Å². The van der Waals surface area contributed by atoms with Gasteiger partial charge < -0.3 is 0 Å². The third-order valence-corrected chi connectivity index (χ3v) is 0.694. The molecule has 42 valence electrons. The SMILES string of the molecule is O=CN1C=CC=NN1. The normalized spacial score (nSPS) is 15.8. The molecule has 1 amide bonds. The van der Waals surface area contributed by atoms with Gasteiger partial charge in [-0.3, -0.25) is 4.79 Å². The Balaban J connectivity index is 2.51. The van der Waals surface area contributed by atoms with E-state index in [0.29, 0.717) is 6.41 Å². The molecule has 0 radical (unpaired) electrons. The number of amides is 1. The molecule has 4 heteroatoms. The second-order valence-corrected chi connectivity index (χ2v) is 1.23. The molecule has 1 aliphatic rings. The lowest BCUT2D eigenvalue weighted by Crippen LogP contribution is -2.29. The second kappa shape index (κ2) is 2.11. The van der Waals surface area contributed by atoms with Gasteiger partial charge in [0.2, 0.25) is 6.41 Å². The van der Waals surface area contributed by atoms with Crippen molar-refractivity contribution in [2.24, 2.45) is 5.10 Å². The van der Waals surface area contributed by atoms with E-state index in [1.807, 2.05) is 0 Å². The third-order valence-electron chi connectivity index (χ3n) is 0.694. The van der Waals surface area contributed by atoms with Crippen LogP contribution in [0.25, 0.3) is 0 Å². The summed E-state index contributed by atoms with van der Waals surface area (Å²) in [6.45, 7) is 0. The molecule has 0 spiro atoms. The van der Waals surface area contributed by atoms with Crippen molar-refractivity contribution in [3.05, 3.63) is 12.3 Å². The van der Waals surface area contributed by atoms with Gasteiger partial charge in [-0.05, 0) is 6.08 Å². The Morgan fingerprint density at radius 3 is 3.00 bits per heavy atom. The summed E-state index contributed by atoms with van der Waals surface area (Å²) in [5.74, 6) is 0. The van der Waals surface area contributed by atoms with E-state index >= 15 is 0 Å². The number of carbonyl (C=O) groups is 1. The minimum Gasteiger partial charge on any atom is -0.276 e. The smallest absolute Gasteiger partial charge is 0.233 e. The summed E-state index contributed by atoms with van der Waals surface area (Å²) in [6.07, 6.45) is 5.41. The van der Waals surface area contributed by atoms with Crippen molar-refractivity contribution in [1.29, 1.82) is 0 Å². The molecule has 0 saturated carbocycles. The third kappa shape index (κ3) is 0.841. The molecular formula is C4H5N3O. The van der Waals surface area contributed by atoms with Crippen molar-refractivity contribution in [2.45, 2.75) is 0 Å². The average Bonchev–Trinajstić information content (AvgIpc) is 1.90. The fourth-order valence-electron chi connectivity index (χ4n) is 0.366. The van der Waals surface area contributed by atoms with Gasteiger partial charge in [-0.1, -0.05) is 0 Å². The van der Waals surface area contributed by atoms with Crippen LogP contribution in [0.3, 0.4) is 0 Å². The Labute approximate surface area is 46.4 Å². The Kier molecular flexibility index (Phi) is 1.27. The molecule has 1 heterocycles. The lowest BCUT2D eigenvalue weighted by atomic mass is 10.6. The quantitative estimate of drug-likeness (QED) is 0.462. The molecule has 8 heavy (non-hydrogen) atoms. The molecule has 0 bridgehead atoms. The minimum atomic E-state index is 0.632. The number of allylic oxidation sites excluding steroid dienone is 1. The van der Waals surface area contributed by atoms with E-state index in [-0.39, 0.29) is 0 Å². The van der Waals surface area contributed by atoms with Crippen LogP contribution in [-0.4, -0.2) is 17.6 Å². The van der Waals surface area contributed by atoms with Crippen LogP contribution < -0.4 is 5.53 Å². The monoisotopic (exact) mass is 111 g/mol. The number of carbonyl (C=O) groups excluding carboxylic acids is 1. The van der Waals surface area contributed by atoms with Crippen molar-refractivity contribution >= 4 is 12.6 Å². The Hall–Kier alpha value is -1.32. The largest absolute Gasteiger partial charge is 0.276 e. The van der Waals surface area contributed by atoms with Crippen molar-refractivity contribution in [1.82, 2.24) is 10.5 Å². The predicted molar refractivity (Wildman–Crippen MR) is 28.7 cm³/mol. The Morgan fingerprint density at radius 1 is 1.75 bits per heavy atom. The van der Waals surface area contributed by atoms with Crippen LogP contribution in [-0.2, 0) is 4.79 Å². The van der Waals surface area contributed by atoms with Crippen LogP contribution in [0.5, 0.6) is 0 Å². The summed E-state index contributed by atoms with van der Waals surface area (Å²) >= 11 is 0. The summed E-state index contributed by atoms with van der Waals surface area (Å²) in [4.78, 5) is 9.90. The Bertz CT molecular complexity index is 140. The van der Waals surface area contributed by atoms with Crippen LogP contribution >= 0.6 is 0 Å². The van der Waals surface area contributed by atoms with Gasteiger partial charge in [0.1, 0.15) is 0 Å². The summed E-state index contributed by atoms with van der Waals surface area (Å²) in [5.41, 5.74) is 2.42. The van der Waals surface area contributed by atoms with Crippen LogP contribution in [0.1, 0.15) is 0 Å². The fraction of sp³-hybridized carbons (Fsp3) is 0. The first-order chi connectivity index (χ1) is 3.93. The number of rotatable bonds is 1. The van der Waals surface area contributed by atoms with Crippen molar-refractivity contribution in [2.75, 3.05) is 0 Å². The van der Waals surface area contributed by atoms with Gasteiger partial charge in [0.05, 0.1) is 6.21 Å². The van der Waals surface area contributed by atoms with Gasteiger partial charge in [0.25, 0.3) is 0 Å². The molecule has 0 aromatic carbocycles. The molecule has 0 aliphatic carbocycles. The maximum atomic E-state index is 9.90. The van der Waals surface area contributed by atoms with Gasteiger partial charge in [-0.2, -0.15) is 5.10 Å². The van der Waals surface area contributed by atoms with E-state index in [0.717, 1.165) is 0 Å². The van der Waals surface area contributed by atoms with Gasteiger partial charge in [-0.15, -0.1) is 0 Å². The van der Waals surface area contributed by atoms with Gasteiger partial charge in [0, 0.05) is 6.20 Å². The van der Waals surface area contributed by atoms with E-state index in [9.17, 15) is 4.79 Å². The van der Waals surface area contributed by atoms with Gasteiger partial charge >= 0.3 is 0 Å². The first kappa shape index (κ1) is 4.83. The minimum absolute atomic E-state index is 0.632. The first-order valence-corrected chi connectivity index (χ1v) is 2.12. The topological polar surface area (TPSA) is 44.7 Å². The van der Waals surface area contributed by atoms with E-state index in [1.54, 1.807) is 18.5 Å². The number of hydrogen-bond donors (Lipinski definition) is 1. The fourth-order valence-corrected chi connectivity index (χ4v) is 0.366. The van der Waals surface area contributed by atoms with Crippen molar-refractivity contribution in [3.8, 4) is 0 Å². The van der Waals surface area contributed by atoms with Crippen LogP contribution in [0, 0.1) is 0 Å². The molecular weight excluding hydrogens is 106 g/mol. The zero-order valence-electron chi connectivity index (χ0n) is 4.11. The number of hydrogen-bond acceptors (Lipinski definition) is 3. The van der Waals surface area contributed by atoms with Crippen LogP contribution in [0.15, 0.2) is 17.4 Å².